The van der Waals surface area contributed by atoms with Crippen LogP contribution in [0.2, 0.25) is 5.02 Å². The molecule has 18 heavy (non-hydrogen) atoms. The average molecular weight is 264 g/mol. The molecule has 0 aromatic heterocycles. The summed E-state index contributed by atoms with van der Waals surface area (Å²) in [4.78, 5) is 2.36. The Morgan fingerprint density at radius 2 is 2.33 bits per heavy atom. The fourth-order valence-corrected chi connectivity index (χ4v) is 2.86. The van der Waals surface area contributed by atoms with Crippen LogP contribution < -0.4 is 10.2 Å². The second-order valence-corrected chi connectivity index (χ2v) is 5.09. The van der Waals surface area contributed by atoms with Crippen molar-refractivity contribution in [2.75, 3.05) is 25.0 Å². The molecule has 1 N–H and O–H groups in total. The maximum Gasteiger partial charge on any atom is 0.0992 e. The van der Waals surface area contributed by atoms with Gasteiger partial charge in [0.15, 0.2) is 0 Å². The third kappa shape index (κ3) is 2.77. The van der Waals surface area contributed by atoms with Crippen molar-refractivity contribution in [3.8, 4) is 6.07 Å². The lowest BCUT2D eigenvalue weighted by Crippen LogP contribution is -2.45. The minimum absolute atomic E-state index is 0.495. The van der Waals surface area contributed by atoms with Gasteiger partial charge < -0.3 is 10.2 Å². The molecule has 0 bridgehead atoms. The van der Waals surface area contributed by atoms with Gasteiger partial charge in [-0.2, -0.15) is 5.26 Å². The summed E-state index contributed by atoms with van der Waals surface area (Å²) in [6.45, 7) is 2.01. The SMILES string of the molecule is CNCC1CCCCN1c1ccc(C#N)cc1Cl. The van der Waals surface area contributed by atoms with Crippen LogP contribution in [0, 0.1) is 11.3 Å². The number of likely N-dealkylation sites (N-methyl/N-ethyl adjacent to an activating group) is 1. The van der Waals surface area contributed by atoms with Crippen LogP contribution in [0.1, 0.15) is 24.8 Å². The van der Waals surface area contributed by atoms with Crippen LogP contribution in [0.3, 0.4) is 0 Å². The molecule has 1 aromatic rings. The van der Waals surface area contributed by atoms with Crippen molar-refractivity contribution in [3.05, 3.63) is 28.8 Å². The zero-order valence-electron chi connectivity index (χ0n) is 10.6. The quantitative estimate of drug-likeness (QED) is 0.912. The van der Waals surface area contributed by atoms with Crippen LogP contribution >= 0.6 is 11.6 Å². The summed E-state index contributed by atoms with van der Waals surface area (Å²) in [7, 11) is 1.98. The first-order valence-corrected chi connectivity index (χ1v) is 6.75. The number of rotatable bonds is 3. The number of nitrogens with zero attached hydrogens (tertiary/aromatic N) is 2. The summed E-state index contributed by atoms with van der Waals surface area (Å²) in [6, 6.07) is 8.17. The highest BCUT2D eigenvalue weighted by Gasteiger charge is 2.23. The Balaban J connectivity index is 2.25. The lowest BCUT2D eigenvalue weighted by Gasteiger charge is -2.38. The van der Waals surface area contributed by atoms with Crippen molar-refractivity contribution in [3.63, 3.8) is 0 Å². The van der Waals surface area contributed by atoms with E-state index in [2.05, 4.69) is 16.3 Å². The van der Waals surface area contributed by atoms with E-state index >= 15 is 0 Å². The van der Waals surface area contributed by atoms with Crippen molar-refractivity contribution >= 4 is 17.3 Å². The minimum atomic E-state index is 0.495. The highest BCUT2D eigenvalue weighted by atomic mass is 35.5. The molecule has 1 heterocycles. The largest absolute Gasteiger partial charge is 0.366 e. The van der Waals surface area contributed by atoms with Gasteiger partial charge in [0.1, 0.15) is 0 Å². The van der Waals surface area contributed by atoms with Gasteiger partial charge >= 0.3 is 0 Å². The van der Waals surface area contributed by atoms with E-state index in [9.17, 15) is 0 Å². The normalized spacial score (nSPS) is 19.6. The summed E-state index contributed by atoms with van der Waals surface area (Å²) in [5.41, 5.74) is 1.67. The van der Waals surface area contributed by atoms with E-state index in [1.165, 1.54) is 19.3 Å². The highest BCUT2D eigenvalue weighted by molar-refractivity contribution is 6.33. The zero-order chi connectivity index (χ0) is 13.0. The molecule has 1 aliphatic rings. The fourth-order valence-electron chi connectivity index (χ4n) is 2.57. The van der Waals surface area contributed by atoms with Gasteiger partial charge in [-0.1, -0.05) is 11.6 Å². The smallest absolute Gasteiger partial charge is 0.0992 e. The first-order valence-electron chi connectivity index (χ1n) is 6.37. The second-order valence-electron chi connectivity index (χ2n) is 4.68. The molecule has 0 amide bonds. The number of hydrogen-bond acceptors (Lipinski definition) is 3. The van der Waals surface area contributed by atoms with E-state index < -0.39 is 0 Å². The van der Waals surface area contributed by atoms with E-state index in [1.54, 1.807) is 6.07 Å². The first-order chi connectivity index (χ1) is 8.76. The van der Waals surface area contributed by atoms with Crippen molar-refractivity contribution in [1.82, 2.24) is 5.32 Å². The van der Waals surface area contributed by atoms with Crippen molar-refractivity contribution in [2.45, 2.75) is 25.3 Å². The van der Waals surface area contributed by atoms with Gasteiger partial charge in [0.05, 0.1) is 22.3 Å². The first kappa shape index (κ1) is 13.2. The maximum atomic E-state index is 8.87. The highest BCUT2D eigenvalue weighted by Crippen LogP contribution is 2.31. The van der Waals surface area contributed by atoms with Gasteiger partial charge in [-0.25, -0.2) is 0 Å². The summed E-state index contributed by atoms with van der Waals surface area (Å²) in [6.07, 6.45) is 3.67. The lowest BCUT2D eigenvalue weighted by molar-refractivity contribution is 0.446. The number of anilines is 1. The Hall–Kier alpha value is -1.24. The van der Waals surface area contributed by atoms with Gasteiger partial charge in [-0.15, -0.1) is 0 Å². The molecule has 1 atom stereocenters. The minimum Gasteiger partial charge on any atom is -0.366 e. The molecule has 3 nitrogen and oxygen atoms in total. The molecule has 0 radical (unpaired) electrons. The molecule has 1 saturated heterocycles. The second kappa shape index (κ2) is 6.08. The maximum absolute atomic E-state index is 8.87. The fraction of sp³-hybridized carbons (Fsp3) is 0.500. The van der Waals surface area contributed by atoms with E-state index in [0.717, 1.165) is 18.8 Å². The van der Waals surface area contributed by atoms with Crippen LogP contribution in [0.4, 0.5) is 5.69 Å². The van der Waals surface area contributed by atoms with Crippen molar-refractivity contribution < 1.29 is 0 Å². The number of halogens is 1. The van der Waals surface area contributed by atoms with E-state index in [0.29, 0.717) is 16.6 Å². The van der Waals surface area contributed by atoms with Crippen LogP contribution in [0.25, 0.3) is 0 Å². The van der Waals surface area contributed by atoms with Gasteiger partial charge in [0, 0.05) is 19.1 Å². The molecule has 0 aliphatic carbocycles. The van der Waals surface area contributed by atoms with Crippen LogP contribution in [0.15, 0.2) is 18.2 Å². The predicted octanol–water partition coefficient (Wildman–Crippen LogP) is 2.79. The molecule has 2 rings (SSSR count). The summed E-state index contributed by atoms with van der Waals surface area (Å²) in [5.74, 6) is 0. The number of benzene rings is 1. The van der Waals surface area contributed by atoms with E-state index in [-0.39, 0.29) is 0 Å². The van der Waals surface area contributed by atoms with Gasteiger partial charge in [0.2, 0.25) is 0 Å². The molecule has 1 aliphatic heterocycles. The average Bonchev–Trinajstić information content (AvgIpc) is 2.40. The van der Waals surface area contributed by atoms with Crippen LogP contribution in [-0.4, -0.2) is 26.2 Å². The topological polar surface area (TPSA) is 39.1 Å². The third-order valence-corrected chi connectivity index (χ3v) is 3.76. The Kier molecular flexibility index (Phi) is 4.46. The third-order valence-electron chi connectivity index (χ3n) is 3.45. The molecule has 1 unspecified atom stereocenters. The van der Waals surface area contributed by atoms with Gasteiger partial charge in [-0.05, 0) is 44.5 Å². The van der Waals surface area contributed by atoms with Crippen molar-refractivity contribution in [2.24, 2.45) is 0 Å². The van der Waals surface area contributed by atoms with Crippen LogP contribution in [0.5, 0.6) is 0 Å². The molecule has 1 aromatic carbocycles. The Morgan fingerprint density at radius 1 is 1.50 bits per heavy atom. The zero-order valence-corrected chi connectivity index (χ0v) is 11.4. The molecular weight excluding hydrogens is 246 g/mol. The Morgan fingerprint density at radius 3 is 3.00 bits per heavy atom. The molecule has 0 spiro atoms. The van der Waals surface area contributed by atoms with Gasteiger partial charge in [0.25, 0.3) is 0 Å². The monoisotopic (exact) mass is 263 g/mol. The van der Waals surface area contributed by atoms with Gasteiger partial charge in [-0.3, -0.25) is 0 Å². The number of piperidine rings is 1. The number of nitrogens with one attached hydrogen (secondary N) is 1. The number of hydrogen-bond donors (Lipinski definition) is 1. The Bertz CT molecular complexity index is 451. The summed E-state index contributed by atoms with van der Waals surface area (Å²) in [5, 5.41) is 12.8. The lowest BCUT2D eigenvalue weighted by atomic mass is 10.0. The standard InChI is InChI=1S/C14H18ClN3/c1-17-10-12-4-2-3-7-18(12)14-6-5-11(9-16)8-13(14)15/h5-6,8,12,17H,2-4,7,10H2,1H3. The summed E-state index contributed by atoms with van der Waals surface area (Å²) >= 11 is 6.29. The molecule has 96 valence electrons. The molecule has 1 fully saturated rings. The predicted molar refractivity (Wildman–Crippen MR) is 75.1 cm³/mol. The molecular formula is C14H18ClN3. The number of nitriles is 1. The van der Waals surface area contributed by atoms with Crippen molar-refractivity contribution in [1.29, 1.82) is 5.26 Å². The molecule has 4 heteroatoms. The van der Waals surface area contributed by atoms with E-state index in [1.807, 2.05) is 19.2 Å². The Labute approximate surface area is 113 Å². The van der Waals surface area contributed by atoms with Crippen LogP contribution in [-0.2, 0) is 0 Å². The van der Waals surface area contributed by atoms with E-state index in [4.69, 9.17) is 16.9 Å². The molecule has 0 saturated carbocycles. The summed E-state index contributed by atoms with van der Waals surface area (Å²) < 4.78 is 0.